The molecule has 0 spiro atoms. The van der Waals surface area contributed by atoms with Crippen LogP contribution in [0.25, 0.3) is 0 Å². The zero-order valence-electron chi connectivity index (χ0n) is 12.1. The summed E-state index contributed by atoms with van der Waals surface area (Å²) in [4.78, 5) is 0.364. The van der Waals surface area contributed by atoms with Gasteiger partial charge in [0, 0.05) is 37.3 Å². The molecule has 7 heteroatoms. The van der Waals surface area contributed by atoms with Crippen LogP contribution in [-0.4, -0.2) is 37.1 Å². The Labute approximate surface area is 125 Å². The van der Waals surface area contributed by atoms with Crippen molar-refractivity contribution in [3.8, 4) is 0 Å². The van der Waals surface area contributed by atoms with Gasteiger partial charge < -0.3 is 9.88 Å². The molecule has 1 unspecified atom stereocenters. The largest absolute Gasteiger partial charge is 0.352 e. The third-order valence-corrected chi connectivity index (χ3v) is 6.13. The van der Waals surface area contributed by atoms with Crippen LogP contribution >= 0.6 is 11.8 Å². The molecule has 0 aliphatic carbocycles. The minimum atomic E-state index is -3.40. The fourth-order valence-corrected chi connectivity index (χ4v) is 4.82. The molecule has 0 saturated carbocycles. The number of sulfonamides is 1. The van der Waals surface area contributed by atoms with Gasteiger partial charge in [-0.2, -0.15) is 11.8 Å². The van der Waals surface area contributed by atoms with Crippen molar-refractivity contribution in [3.63, 3.8) is 0 Å². The molecule has 114 valence electrons. The van der Waals surface area contributed by atoms with E-state index >= 15 is 0 Å². The second-order valence-electron chi connectivity index (χ2n) is 5.09. The van der Waals surface area contributed by atoms with E-state index in [2.05, 4.69) is 10.0 Å². The van der Waals surface area contributed by atoms with Gasteiger partial charge in [0.2, 0.25) is 10.0 Å². The van der Waals surface area contributed by atoms with Crippen molar-refractivity contribution >= 4 is 21.8 Å². The minimum Gasteiger partial charge on any atom is -0.352 e. The maximum Gasteiger partial charge on any atom is 0.242 e. The Bertz CT molecular complexity index is 534. The Morgan fingerprint density at radius 3 is 2.95 bits per heavy atom. The summed E-state index contributed by atoms with van der Waals surface area (Å²) in [6.45, 7) is 3.58. The summed E-state index contributed by atoms with van der Waals surface area (Å²) in [6, 6.07) is 1.82. The van der Waals surface area contributed by atoms with Gasteiger partial charge >= 0.3 is 0 Å². The van der Waals surface area contributed by atoms with Crippen molar-refractivity contribution in [2.24, 2.45) is 7.05 Å². The van der Waals surface area contributed by atoms with Crippen LogP contribution in [0.1, 0.15) is 25.5 Å². The van der Waals surface area contributed by atoms with Gasteiger partial charge in [-0.3, -0.25) is 0 Å². The summed E-state index contributed by atoms with van der Waals surface area (Å²) in [5, 5.41) is 3.21. The zero-order chi connectivity index (χ0) is 14.6. The van der Waals surface area contributed by atoms with E-state index in [0.717, 1.165) is 36.6 Å². The molecule has 1 fully saturated rings. The average Bonchev–Trinajstić information content (AvgIpc) is 2.79. The van der Waals surface area contributed by atoms with Crippen LogP contribution in [0.5, 0.6) is 0 Å². The second-order valence-corrected chi connectivity index (χ2v) is 7.96. The number of hydrogen-bond acceptors (Lipinski definition) is 4. The molecule has 0 amide bonds. The quantitative estimate of drug-likeness (QED) is 0.830. The highest BCUT2D eigenvalue weighted by Crippen LogP contribution is 2.20. The van der Waals surface area contributed by atoms with Gasteiger partial charge in [0.05, 0.1) is 4.90 Å². The van der Waals surface area contributed by atoms with Crippen molar-refractivity contribution in [1.82, 2.24) is 14.6 Å². The molecule has 2 N–H and O–H groups in total. The second kappa shape index (κ2) is 6.98. The lowest BCUT2D eigenvalue weighted by molar-refractivity contribution is 0.543. The summed E-state index contributed by atoms with van der Waals surface area (Å²) in [5.41, 5.74) is 0.977. The molecule has 0 bridgehead atoms. The SMILES string of the molecule is CCNCc1cc(S(=O)(=O)NC2CCCSC2)cn1C. The van der Waals surface area contributed by atoms with E-state index in [-0.39, 0.29) is 6.04 Å². The monoisotopic (exact) mass is 317 g/mol. The maximum atomic E-state index is 12.4. The smallest absolute Gasteiger partial charge is 0.242 e. The summed E-state index contributed by atoms with van der Waals surface area (Å²) >= 11 is 1.82. The predicted octanol–water partition coefficient (Wildman–Crippen LogP) is 1.31. The van der Waals surface area contributed by atoms with Crippen molar-refractivity contribution in [1.29, 1.82) is 0 Å². The first-order valence-electron chi connectivity index (χ1n) is 6.99. The molecule has 1 aliphatic heterocycles. The molecule has 1 atom stereocenters. The molecule has 0 radical (unpaired) electrons. The summed E-state index contributed by atoms with van der Waals surface area (Å²) in [5.74, 6) is 2.01. The van der Waals surface area contributed by atoms with Gasteiger partial charge in [0.25, 0.3) is 0 Å². The summed E-state index contributed by atoms with van der Waals surface area (Å²) < 4.78 is 29.5. The lowest BCUT2D eigenvalue weighted by atomic mass is 10.2. The van der Waals surface area contributed by atoms with Crippen molar-refractivity contribution in [2.45, 2.75) is 37.2 Å². The normalized spacial score (nSPS) is 20.2. The number of aryl methyl sites for hydroxylation is 1. The van der Waals surface area contributed by atoms with Gasteiger partial charge in [0.1, 0.15) is 0 Å². The van der Waals surface area contributed by atoms with Crippen molar-refractivity contribution in [3.05, 3.63) is 18.0 Å². The average molecular weight is 317 g/mol. The third-order valence-electron chi connectivity index (χ3n) is 3.43. The summed E-state index contributed by atoms with van der Waals surface area (Å²) in [7, 11) is -1.52. The van der Waals surface area contributed by atoms with Crippen LogP contribution in [0.15, 0.2) is 17.2 Å². The van der Waals surface area contributed by atoms with Gasteiger partial charge in [0.15, 0.2) is 0 Å². The molecule has 1 aliphatic rings. The van der Waals surface area contributed by atoms with E-state index in [1.807, 2.05) is 30.3 Å². The topological polar surface area (TPSA) is 63.1 Å². The first-order valence-corrected chi connectivity index (χ1v) is 9.62. The Morgan fingerprint density at radius 1 is 1.50 bits per heavy atom. The molecular formula is C13H23N3O2S2. The number of hydrogen-bond donors (Lipinski definition) is 2. The van der Waals surface area contributed by atoms with Gasteiger partial charge in [-0.05, 0) is 31.2 Å². The number of rotatable bonds is 6. The molecule has 5 nitrogen and oxygen atoms in total. The highest BCUT2D eigenvalue weighted by molar-refractivity contribution is 7.99. The van der Waals surface area contributed by atoms with Crippen LogP contribution < -0.4 is 10.0 Å². The molecular weight excluding hydrogens is 294 g/mol. The number of nitrogens with one attached hydrogen (secondary N) is 2. The number of nitrogens with zero attached hydrogens (tertiary/aromatic N) is 1. The number of thioether (sulfide) groups is 1. The van der Waals surface area contributed by atoms with Crippen molar-refractivity contribution in [2.75, 3.05) is 18.1 Å². The van der Waals surface area contributed by atoms with E-state index < -0.39 is 10.0 Å². The zero-order valence-corrected chi connectivity index (χ0v) is 13.7. The Morgan fingerprint density at radius 2 is 2.30 bits per heavy atom. The Hall–Kier alpha value is -0.500. The highest BCUT2D eigenvalue weighted by Gasteiger charge is 2.23. The van der Waals surface area contributed by atoms with Crippen molar-refractivity contribution < 1.29 is 8.42 Å². The molecule has 20 heavy (non-hydrogen) atoms. The van der Waals surface area contributed by atoms with Gasteiger partial charge in [-0.15, -0.1) is 0 Å². The number of aromatic nitrogens is 1. The first kappa shape index (κ1) is 15.9. The van der Waals surface area contributed by atoms with Gasteiger partial charge in [-0.25, -0.2) is 13.1 Å². The molecule has 2 heterocycles. The standard InChI is InChI=1S/C13H23N3O2S2/c1-3-14-8-12-7-13(9-16(12)2)20(17,18)15-11-5-4-6-19-10-11/h7,9,11,14-15H,3-6,8,10H2,1-2H3. The molecule has 1 aromatic heterocycles. The minimum absolute atomic E-state index is 0.0659. The molecule has 1 saturated heterocycles. The van der Waals surface area contributed by atoms with E-state index in [9.17, 15) is 8.42 Å². The molecule has 2 rings (SSSR count). The van der Waals surface area contributed by atoms with Gasteiger partial charge in [-0.1, -0.05) is 6.92 Å². The molecule has 0 aromatic carbocycles. The fourth-order valence-electron chi connectivity index (χ4n) is 2.27. The summed E-state index contributed by atoms with van der Waals surface area (Å²) in [6.07, 6.45) is 3.70. The maximum absolute atomic E-state index is 12.4. The van der Waals surface area contributed by atoms with Crippen LogP contribution in [0.2, 0.25) is 0 Å². The lowest BCUT2D eigenvalue weighted by Crippen LogP contribution is -2.38. The van der Waals surface area contributed by atoms with Crippen LogP contribution in [-0.2, 0) is 23.6 Å². The fraction of sp³-hybridized carbons (Fsp3) is 0.692. The van der Waals surface area contributed by atoms with Crippen LogP contribution in [0.3, 0.4) is 0 Å². The van der Waals surface area contributed by atoms with E-state index in [0.29, 0.717) is 11.4 Å². The Balaban J connectivity index is 2.08. The lowest BCUT2D eigenvalue weighted by Gasteiger charge is -2.21. The Kier molecular flexibility index (Phi) is 5.54. The van der Waals surface area contributed by atoms with E-state index in [1.54, 1.807) is 12.3 Å². The third kappa shape index (κ3) is 4.00. The van der Waals surface area contributed by atoms with Crippen LogP contribution in [0, 0.1) is 0 Å². The van der Waals surface area contributed by atoms with E-state index in [1.165, 1.54) is 0 Å². The molecule has 1 aromatic rings. The van der Waals surface area contributed by atoms with Crippen LogP contribution in [0.4, 0.5) is 0 Å². The first-order chi connectivity index (χ1) is 9.53. The highest BCUT2D eigenvalue weighted by atomic mass is 32.2. The van der Waals surface area contributed by atoms with E-state index in [4.69, 9.17) is 0 Å². The predicted molar refractivity (Wildman–Crippen MR) is 83.5 cm³/mol.